The summed E-state index contributed by atoms with van der Waals surface area (Å²) in [6.45, 7) is 3.48. The number of sulfonamides is 1. The summed E-state index contributed by atoms with van der Waals surface area (Å²) < 4.78 is 42.5. The fraction of sp³-hybridized carbons (Fsp3) is 0.643. The average Bonchev–Trinajstić information content (AvgIpc) is 2.83. The van der Waals surface area contributed by atoms with Gasteiger partial charge in [0.05, 0.1) is 12.4 Å². The first-order valence-electron chi connectivity index (χ1n) is 7.73. The Hall–Kier alpha value is -2.02. The summed E-state index contributed by atoms with van der Waals surface area (Å²) >= 11 is 0. The molecule has 1 aliphatic heterocycles. The Labute approximate surface area is 150 Å². The van der Waals surface area contributed by atoms with E-state index in [4.69, 9.17) is 19.9 Å². The molecule has 0 bridgehead atoms. The van der Waals surface area contributed by atoms with Gasteiger partial charge in [-0.2, -0.15) is 4.98 Å². The molecule has 4 atom stereocenters. The highest BCUT2D eigenvalue weighted by Gasteiger charge is 2.51. The molecule has 2 heterocycles. The lowest BCUT2D eigenvalue weighted by molar-refractivity contribution is -0.139. The van der Waals surface area contributed by atoms with Crippen molar-refractivity contribution in [2.24, 2.45) is 0 Å². The van der Waals surface area contributed by atoms with Crippen LogP contribution in [0.5, 0.6) is 0 Å². The minimum absolute atomic E-state index is 0.0274. The number of amides is 1. The van der Waals surface area contributed by atoms with Crippen LogP contribution in [-0.2, 0) is 29.0 Å². The highest BCUT2D eigenvalue weighted by molar-refractivity contribution is 7.89. The number of carbonyl (C=O) groups excluding carboxylic acids is 1. The summed E-state index contributed by atoms with van der Waals surface area (Å²) in [7, 11) is -2.44. The first-order chi connectivity index (χ1) is 12.0. The molecule has 0 radical (unpaired) electrons. The highest BCUT2D eigenvalue weighted by Crippen LogP contribution is 2.33. The van der Waals surface area contributed by atoms with E-state index in [2.05, 4.69) is 4.98 Å². The van der Waals surface area contributed by atoms with Gasteiger partial charge in [-0.15, -0.1) is 0 Å². The summed E-state index contributed by atoms with van der Waals surface area (Å²) in [4.78, 5) is 28.1. The van der Waals surface area contributed by atoms with Crippen molar-refractivity contribution in [3.05, 3.63) is 22.7 Å². The largest absolute Gasteiger partial charge is 0.383 e. The van der Waals surface area contributed by atoms with Crippen molar-refractivity contribution in [1.29, 1.82) is 0 Å². The van der Waals surface area contributed by atoms with Crippen LogP contribution in [0.1, 0.15) is 20.1 Å². The van der Waals surface area contributed by atoms with Gasteiger partial charge in [0.1, 0.15) is 18.0 Å². The third kappa shape index (κ3) is 4.58. The standard InChI is InChI=1S/C14H22N4O7S/c1-7(2)24-9-10(12(19)17-26(4,21)22)25-13(11(9)23-3)18-6-5-8(15)16-14(18)20/h5-7,9-11,13H,1-4H3,(H,17,19)(H2,15,16,20)/t9-,10+,11-,13-/m1/s1. The van der Waals surface area contributed by atoms with Gasteiger partial charge in [0.15, 0.2) is 12.3 Å². The van der Waals surface area contributed by atoms with Crippen molar-refractivity contribution in [1.82, 2.24) is 14.3 Å². The molecule has 1 fully saturated rings. The maximum absolute atomic E-state index is 12.4. The van der Waals surface area contributed by atoms with Crippen LogP contribution >= 0.6 is 0 Å². The van der Waals surface area contributed by atoms with Crippen molar-refractivity contribution in [3.63, 3.8) is 0 Å². The molecular weight excluding hydrogens is 368 g/mol. The van der Waals surface area contributed by atoms with E-state index >= 15 is 0 Å². The number of hydrogen-bond donors (Lipinski definition) is 2. The summed E-state index contributed by atoms with van der Waals surface area (Å²) in [5, 5.41) is 0. The second-order valence-electron chi connectivity index (χ2n) is 6.08. The number of nitrogen functional groups attached to an aromatic ring is 1. The molecule has 11 nitrogen and oxygen atoms in total. The molecule has 0 unspecified atom stereocenters. The fourth-order valence-corrected chi connectivity index (χ4v) is 3.13. The molecule has 12 heteroatoms. The Kier molecular flexibility index (Phi) is 6.01. The molecule has 0 saturated carbocycles. The number of methoxy groups -OCH3 is 1. The normalized spacial score (nSPS) is 26.2. The van der Waals surface area contributed by atoms with E-state index in [-0.39, 0.29) is 11.9 Å². The molecule has 2 rings (SSSR count). The van der Waals surface area contributed by atoms with E-state index in [1.807, 2.05) is 4.72 Å². The van der Waals surface area contributed by atoms with Gasteiger partial charge < -0.3 is 19.9 Å². The molecule has 0 aliphatic carbocycles. The van der Waals surface area contributed by atoms with Crippen molar-refractivity contribution in [2.45, 2.75) is 44.5 Å². The maximum atomic E-state index is 12.4. The summed E-state index contributed by atoms with van der Waals surface area (Å²) in [6.07, 6.45) is -2.30. The Morgan fingerprint density at radius 2 is 2.08 bits per heavy atom. The number of ether oxygens (including phenoxy) is 3. The molecular formula is C14H22N4O7S. The van der Waals surface area contributed by atoms with Crippen LogP contribution in [0.3, 0.4) is 0 Å². The Bertz CT molecular complexity index is 823. The minimum Gasteiger partial charge on any atom is -0.383 e. The molecule has 0 spiro atoms. The quantitative estimate of drug-likeness (QED) is 0.598. The van der Waals surface area contributed by atoms with Crippen molar-refractivity contribution < 1.29 is 27.4 Å². The maximum Gasteiger partial charge on any atom is 0.351 e. The van der Waals surface area contributed by atoms with Crippen molar-refractivity contribution in [3.8, 4) is 0 Å². The third-order valence-corrected chi connectivity index (χ3v) is 4.13. The van der Waals surface area contributed by atoms with E-state index in [1.54, 1.807) is 13.8 Å². The first kappa shape index (κ1) is 20.3. The number of nitrogens with one attached hydrogen (secondary N) is 1. The predicted octanol–water partition coefficient (Wildman–Crippen LogP) is -1.39. The van der Waals surface area contributed by atoms with Crippen LogP contribution < -0.4 is 16.1 Å². The SMILES string of the molecule is CO[C@@H]1[C@H](OC(C)C)[C@@H](C(=O)NS(C)(=O)=O)O[C@H]1n1ccc(N)nc1=O. The molecule has 1 aromatic heterocycles. The van der Waals surface area contributed by atoms with Crippen molar-refractivity contribution in [2.75, 3.05) is 19.1 Å². The summed E-state index contributed by atoms with van der Waals surface area (Å²) in [5.41, 5.74) is 4.78. The zero-order valence-corrected chi connectivity index (χ0v) is 15.6. The van der Waals surface area contributed by atoms with Gasteiger partial charge in [-0.25, -0.2) is 13.2 Å². The number of hydrogen-bond acceptors (Lipinski definition) is 9. The van der Waals surface area contributed by atoms with E-state index in [0.717, 1.165) is 10.8 Å². The van der Waals surface area contributed by atoms with Crippen molar-refractivity contribution >= 4 is 21.7 Å². The van der Waals surface area contributed by atoms with Crippen LogP contribution in [0, 0.1) is 0 Å². The highest BCUT2D eigenvalue weighted by atomic mass is 32.2. The second-order valence-corrected chi connectivity index (χ2v) is 7.83. The van der Waals surface area contributed by atoms with E-state index in [9.17, 15) is 18.0 Å². The monoisotopic (exact) mass is 390 g/mol. The van der Waals surface area contributed by atoms with Crippen LogP contribution in [0.25, 0.3) is 0 Å². The third-order valence-electron chi connectivity index (χ3n) is 3.56. The number of nitrogens with zero attached hydrogens (tertiary/aromatic N) is 2. The van der Waals surface area contributed by atoms with Crippen LogP contribution in [0.4, 0.5) is 5.82 Å². The van der Waals surface area contributed by atoms with E-state index in [1.165, 1.54) is 19.4 Å². The van der Waals surface area contributed by atoms with Gasteiger partial charge in [0.2, 0.25) is 10.0 Å². The average molecular weight is 390 g/mol. The number of aromatic nitrogens is 2. The lowest BCUT2D eigenvalue weighted by Crippen LogP contribution is -2.47. The molecule has 1 saturated heterocycles. The molecule has 1 aliphatic rings. The summed E-state index contributed by atoms with van der Waals surface area (Å²) in [5.74, 6) is -0.890. The number of nitrogens with two attached hydrogens (primary N) is 1. The Morgan fingerprint density at radius 3 is 2.58 bits per heavy atom. The zero-order chi connectivity index (χ0) is 19.6. The Morgan fingerprint density at radius 1 is 1.42 bits per heavy atom. The van der Waals surface area contributed by atoms with Gasteiger partial charge in [-0.1, -0.05) is 0 Å². The van der Waals surface area contributed by atoms with Crippen LogP contribution in [0.2, 0.25) is 0 Å². The zero-order valence-electron chi connectivity index (χ0n) is 14.8. The number of anilines is 1. The number of rotatable bonds is 6. The summed E-state index contributed by atoms with van der Waals surface area (Å²) in [6, 6.07) is 1.39. The molecule has 1 amide bonds. The molecule has 3 N–H and O–H groups in total. The number of carbonyl (C=O) groups is 1. The molecule has 0 aromatic carbocycles. The smallest absolute Gasteiger partial charge is 0.351 e. The van der Waals surface area contributed by atoms with Gasteiger partial charge >= 0.3 is 5.69 Å². The first-order valence-corrected chi connectivity index (χ1v) is 9.62. The minimum atomic E-state index is -3.81. The molecule has 1 aromatic rings. The van der Waals surface area contributed by atoms with Gasteiger partial charge in [0, 0.05) is 13.3 Å². The Balaban J connectivity index is 2.41. The molecule has 26 heavy (non-hydrogen) atoms. The van der Waals surface area contributed by atoms with Crippen LogP contribution in [-0.4, -0.2) is 61.7 Å². The topological polar surface area (TPSA) is 152 Å². The lowest BCUT2D eigenvalue weighted by atomic mass is 10.1. The predicted molar refractivity (Wildman–Crippen MR) is 90.6 cm³/mol. The van der Waals surface area contributed by atoms with Gasteiger partial charge in [0.25, 0.3) is 5.91 Å². The van der Waals surface area contributed by atoms with E-state index < -0.39 is 46.2 Å². The lowest BCUT2D eigenvalue weighted by Gasteiger charge is -2.25. The molecule has 146 valence electrons. The van der Waals surface area contributed by atoms with Gasteiger partial charge in [-0.3, -0.25) is 14.1 Å². The van der Waals surface area contributed by atoms with Gasteiger partial charge in [-0.05, 0) is 19.9 Å². The second kappa shape index (κ2) is 7.70. The fourth-order valence-electron chi connectivity index (χ4n) is 2.65. The van der Waals surface area contributed by atoms with Crippen LogP contribution in [0.15, 0.2) is 17.1 Å². The van der Waals surface area contributed by atoms with E-state index in [0.29, 0.717) is 0 Å².